The Morgan fingerprint density at radius 3 is 2.90 bits per heavy atom. The monoisotopic (exact) mass is 281 g/mol. The van der Waals surface area contributed by atoms with Crippen molar-refractivity contribution in [2.24, 2.45) is 10.7 Å². The molecular weight excluding hydrogens is 262 g/mol. The van der Waals surface area contributed by atoms with Crippen LogP contribution in [0.2, 0.25) is 0 Å². The third kappa shape index (κ3) is 3.74. The van der Waals surface area contributed by atoms with Crippen molar-refractivity contribution in [3.8, 4) is 0 Å². The lowest BCUT2D eigenvalue weighted by atomic mass is 10.4. The van der Waals surface area contributed by atoms with E-state index in [0.29, 0.717) is 38.1 Å². The van der Waals surface area contributed by atoms with Crippen molar-refractivity contribution in [2.75, 3.05) is 32.9 Å². The number of hydrogen-bond acceptors (Lipinski definition) is 5. The molecule has 1 saturated heterocycles. The van der Waals surface area contributed by atoms with Gasteiger partial charge >= 0.3 is 5.97 Å². The highest BCUT2D eigenvalue weighted by Crippen LogP contribution is 2.10. The summed E-state index contributed by atoms with van der Waals surface area (Å²) in [5, 5.41) is 0. The number of guanidine groups is 1. The molecule has 1 aliphatic heterocycles. The van der Waals surface area contributed by atoms with Gasteiger partial charge in [0.2, 0.25) is 5.76 Å². The fraction of sp³-hybridized carbons (Fsp3) is 0.538. The average molecular weight is 281 g/mol. The highest BCUT2D eigenvalue weighted by molar-refractivity contribution is 5.86. The summed E-state index contributed by atoms with van der Waals surface area (Å²) in [5.41, 5.74) is 5.90. The topological polar surface area (TPSA) is 90.3 Å². The first-order valence-corrected chi connectivity index (χ1v) is 6.59. The molecule has 110 valence electrons. The van der Waals surface area contributed by atoms with Gasteiger partial charge in [-0.2, -0.15) is 0 Å². The molecule has 0 amide bonds. The number of nitrogens with zero attached hydrogens (tertiary/aromatic N) is 2. The zero-order valence-electron chi connectivity index (χ0n) is 11.5. The molecule has 1 fully saturated rings. The number of hydrogen-bond donors (Lipinski definition) is 1. The van der Waals surface area contributed by atoms with E-state index in [0.717, 1.165) is 13.1 Å². The van der Waals surface area contributed by atoms with Crippen molar-refractivity contribution >= 4 is 11.9 Å². The lowest BCUT2D eigenvalue weighted by Gasteiger charge is -2.27. The molecule has 1 aromatic heterocycles. The number of carbonyl (C=O) groups is 1. The van der Waals surface area contributed by atoms with E-state index in [-0.39, 0.29) is 5.76 Å². The predicted octanol–water partition coefficient (Wildman–Crippen LogP) is 0.603. The molecule has 0 aromatic carbocycles. The molecule has 0 saturated carbocycles. The van der Waals surface area contributed by atoms with Gasteiger partial charge in [-0.05, 0) is 19.1 Å². The summed E-state index contributed by atoms with van der Waals surface area (Å²) in [6, 6.07) is 3.27. The van der Waals surface area contributed by atoms with Crippen molar-refractivity contribution in [3.63, 3.8) is 0 Å². The van der Waals surface area contributed by atoms with Crippen LogP contribution in [-0.4, -0.2) is 49.7 Å². The SMILES string of the molecule is CCOC(=O)c1ccc(CN=C(N)N2CCOCC2)o1. The molecule has 7 nitrogen and oxygen atoms in total. The molecule has 2 heterocycles. The van der Waals surface area contributed by atoms with Gasteiger partial charge in [-0.3, -0.25) is 0 Å². The molecule has 0 spiro atoms. The second kappa shape index (κ2) is 6.95. The summed E-state index contributed by atoms with van der Waals surface area (Å²) in [4.78, 5) is 17.7. The van der Waals surface area contributed by atoms with Crippen molar-refractivity contribution in [1.82, 2.24) is 4.90 Å². The Kier molecular flexibility index (Phi) is 5.00. The molecule has 0 radical (unpaired) electrons. The average Bonchev–Trinajstić information content (AvgIpc) is 2.95. The highest BCUT2D eigenvalue weighted by atomic mass is 16.5. The Labute approximate surface area is 117 Å². The van der Waals surface area contributed by atoms with Crippen LogP contribution in [0, 0.1) is 0 Å². The Bertz CT molecular complexity index is 478. The van der Waals surface area contributed by atoms with Crippen LogP contribution in [0.25, 0.3) is 0 Å². The van der Waals surface area contributed by atoms with E-state index in [1.54, 1.807) is 19.1 Å². The van der Waals surface area contributed by atoms with Crippen LogP contribution >= 0.6 is 0 Å². The fourth-order valence-electron chi connectivity index (χ4n) is 1.83. The van der Waals surface area contributed by atoms with Crippen molar-refractivity contribution in [1.29, 1.82) is 0 Å². The Balaban J connectivity index is 1.91. The number of nitrogens with two attached hydrogens (primary N) is 1. The van der Waals surface area contributed by atoms with Gasteiger partial charge in [-0.15, -0.1) is 0 Å². The third-order valence-corrected chi connectivity index (χ3v) is 2.87. The predicted molar refractivity (Wildman–Crippen MR) is 72.4 cm³/mol. The van der Waals surface area contributed by atoms with Crippen LogP contribution in [0.15, 0.2) is 21.5 Å². The zero-order chi connectivity index (χ0) is 14.4. The molecule has 0 unspecified atom stereocenters. The lowest BCUT2D eigenvalue weighted by molar-refractivity contribution is 0.0488. The minimum atomic E-state index is -0.469. The molecule has 0 bridgehead atoms. The minimum absolute atomic E-state index is 0.182. The van der Waals surface area contributed by atoms with E-state index in [9.17, 15) is 4.79 Å². The van der Waals surface area contributed by atoms with Crippen molar-refractivity contribution < 1.29 is 18.7 Å². The van der Waals surface area contributed by atoms with E-state index in [1.165, 1.54) is 0 Å². The molecule has 0 atom stereocenters. The number of morpholine rings is 1. The first-order chi connectivity index (χ1) is 9.70. The number of esters is 1. The summed E-state index contributed by atoms with van der Waals surface area (Å²) < 4.78 is 15.4. The molecular formula is C13H19N3O4. The number of aliphatic imine (C=N–C) groups is 1. The first-order valence-electron chi connectivity index (χ1n) is 6.59. The summed E-state index contributed by atoms with van der Waals surface area (Å²) in [7, 11) is 0. The minimum Gasteiger partial charge on any atom is -0.460 e. The Morgan fingerprint density at radius 1 is 1.45 bits per heavy atom. The van der Waals surface area contributed by atoms with Crippen molar-refractivity contribution in [2.45, 2.75) is 13.5 Å². The van der Waals surface area contributed by atoms with E-state index < -0.39 is 5.97 Å². The van der Waals surface area contributed by atoms with Gasteiger partial charge in [0.15, 0.2) is 5.96 Å². The maximum absolute atomic E-state index is 11.4. The molecule has 0 aliphatic carbocycles. The van der Waals surface area contributed by atoms with Crippen LogP contribution in [0.3, 0.4) is 0 Å². The molecule has 2 rings (SSSR count). The highest BCUT2D eigenvalue weighted by Gasteiger charge is 2.14. The van der Waals surface area contributed by atoms with E-state index in [2.05, 4.69) is 4.99 Å². The second-order valence-corrected chi connectivity index (χ2v) is 4.26. The van der Waals surface area contributed by atoms with E-state index >= 15 is 0 Å². The van der Waals surface area contributed by atoms with Gasteiger partial charge in [0.1, 0.15) is 12.3 Å². The lowest BCUT2D eigenvalue weighted by Crippen LogP contribution is -2.44. The fourth-order valence-corrected chi connectivity index (χ4v) is 1.83. The maximum atomic E-state index is 11.4. The second-order valence-electron chi connectivity index (χ2n) is 4.26. The van der Waals surface area contributed by atoms with Gasteiger partial charge in [-0.1, -0.05) is 0 Å². The van der Waals surface area contributed by atoms with Crippen LogP contribution in [0.1, 0.15) is 23.2 Å². The Hall–Kier alpha value is -2.02. The number of rotatable bonds is 4. The molecule has 20 heavy (non-hydrogen) atoms. The van der Waals surface area contributed by atoms with Crippen LogP contribution in [0.5, 0.6) is 0 Å². The largest absolute Gasteiger partial charge is 0.460 e. The van der Waals surface area contributed by atoms with Gasteiger partial charge in [0, 0.05) is 13.1 Å². The van der Waals surface area contributed by atoms with Gasteiger partial charge < -0.3 is 24.5 Å². The quantitative estimate of drug-likeness (QED) is 0.494. The molecule has 7 heteroatoms. The van der Waals surface area contributed by atoms with Gasteiger partial charge in [-0.25, -0.2) is 9.79 Å². The summed E-state index contributed by atoms with van der Waals surface area (Å²) >= 11 is 0. The molecule has 1 aliphatic rings. The number of ether oxygens (including phenoxy) is 2. The van der Waals surface area contributed by atoms with E-state index in [1.807, 2.05) is 4.90 Å². The van der Waals surface area contributed by atoms with Crippen LogP contribution < -0.4 is 5.73 Å². The van der Waals surface area contributed by atoms with Crippen LogP contribution in [0.4, 0.5) is 0 Å². The zero-order valence-corrected chi connectivity index (χ0v) is 11.5. The number of furan rings is 1. The smallest absolute Gasteiger partial charge is 0.374 e. The van der Waals surface area contributed by atoms with Crippen molar-refractivity contribution in [3.05, 3.63) is 23.7 Å². The Morgan fingerprint density at radius 2 is 2.20 bits per heavy atom. The van der Waals surface area contributed by atoms with Crippen LogP contribution in [-0.2, 0) is 16.0 Å². The molecule has 1 aromatic rings. The number of carbonyl (C=O) groups excluding carboxylic acids is 1. The maximum Gasteiger partial charge on any atom is 0.374 e. The summed E-state index contributed by atoms with van der Waals surface area (Å²) in [6.45, 7) is 5.14. The molecule has 2 N–H and O–H groups in total. The summed E-state index contributed by atoms with van der Waals surface area (Å²) in [6.07, 6.45) is 0. The first kappa shape index (κ1) is 14.4. The van der Waals surface area contributed by atoms with E-state index in [4.69, 9.17) is 19.6 Å². The van der Waals surface area contributed by atoms with Gasteiger partial charge in [0.25, 0.3) is 0 Å². The van der Waals surface area contributed by atoms with Gasteiger partial charge in [0.05, 0.1) is 19.8 Å². The normalized spacial score (nSPS) is 16.2. The summed E-state index contributed by atoms with van der Waals surface area (Å²) in [5.74, 6) is 0.748. The third-order valence-electron chi connectivity index (χ3n) is 2.87. The standard InChI is InChI=1S/C13H19N3O4/c1-2-19-12(17)11-4-3-10(20-11)9-15-13(14)16-5-7-18-8-6-16/h3-4H,2,5-9H2,1H3,(H2,14,15).